The standard InChI is InChI=1S/C28H24N2O4S/c1-18-8-7-9-19(14-18)15-20-16-29-28(35-20)30-27(31)26-22(21-10-3-4-11-23(21)34-26)17-33-25-13-6-5-12-24(25)32-2/h3-14,16H,15,17H2,1-2H3,(H,29,30,31). The summed E-state index contributed by atoms with van der Waals surface area (Å²) < 4.78 is 17.3. The van der Waals surface area contributed by atoms with Crippen molar-refractivity contribution in [2.24, 2.45) is 0 Å². The number of carbonyl (C=O) groups excluding carboxylic acids is 1. The van der Waals surface area contributed by atoms with Gasteiger partial charge in [-0.15, -0.1) is 11.3 Å². The number of hydrogen-bond donors (Lipinski definition) is 1. The third-order valence-electron chi connectivity index (χ3n) is 5.58. The van der Waals surface area contributed by atoms with Gasteiger partial charge in [-0.2, -0.15) is 0 Å². The molecule has 1 N–H and O–H groups in total. The van der Waals surface area contributed by atoms with Gasteiger partial charge in [-0.05, 0) is 30.7 Å². The third kappa shape index (κ3) is 5.05. The number of para-hydroxylation sites is 3. The van der Waals surface area contributed by atoms with Gasteiger partial charge < -0.3 is 13.9 Å². The van der Waals surface area contributed by atoms with Gasteiger partial charge >= 0.3 is 0 Å². The Balaban J connectivity index is 1.36. The minimum Gasteiger partial charge on any atom is -0.493 e. The second kappa shape index (κ2) is 10.0. The lowest BCUT2D eigenvalue weighted by molar-refractivity contribution is 0.0995. The average Bonchev–Trinajstić information content (AvgIpc) is 3.47. The van der Waals surface area contributed by atoms with E-state index >= 15 is 0 Å². The highest BCUT2D eigenvalue weighted by molar-refractivity contribution is 7.15. The van der Waals surface area contributed by atoms with E-state index in [2.05, 4.69) is 35.4 Å². The molecule has 0 spiro atoms. The Morgan fingerprint density at radius 1 is 1.03 bits per heavy atom. The Bertz CT molecular complexity index is 1490. The number of rotatable bonds is 8. The van der Waals surface area contributed by atoms with Gasteiger partial charge in [0.1, 0.15) is 12.2 Å². The summed E-state index contributed by atoms with van der Waals surface area (Å²) in [4.78, 5) is 18.7. The second-order valence-electron chi connectivity index (χ2n) is 8.10. The molecule has 3 aromatic carbocycles. The number of anilines is 1. The molecule has 1 amide bonds. The van der Waals surface area contributed by atoms with Gasteiger partial charge in [-0.1, -0.05) is 60.2 Å². The van der Waals surface area contributed by atoms with Gasteiger partial charge in [0.2, 0.25) is 0 Å². The van der Waals surface area contributed by atoms with Crippen LogP contribution in [0.2, 0.25) is 0 Å². The predicted octanol–water partition coefficient (Wildman–Crippen LogP) is 6.63. The molecule has 2 aromatic heterocycles. The molecule has 0 fully saturated rings. The van der Waals surface area contributed by atoms with Crippen molar-refractivity contribution in [3.05, 3.63) is 106 Å². The van der Waals surface area contributed by atoms with Crippen LogP contribution >= 0.6 is 11.3 Å². The van der Waals surface area contributed by atoms with Crippen molar-refractivity contribution >= 4 is 33.3 Å². The maximum absolute atomic E-state index is 13.2. The quantitative estimate of drug-likeness (QED) is 0.268. The number of aryl methyl sites for hydroxylation is 1. The summed E-state index contributed by atoms with van der Waals surface area (Å²) in [5.41, 5.74) is 3.71. The van der Waals surface area contributed by atoms with Crippen LogP contribution < -0.4 is 14.8 Å². The number of methoxy groups -OCH3 is 1. The van der Waals surface area contributed by atoms with Crippen molar-refractivity contribution in [1.82, 2.24) is 4.98 Å². The van der Waals surface area contributed by atoms with Gasteiger partial charge in [-0.25, -0.2) is 4.98 Å². The van der Waals surface area contributed by atoms with E-state index in [0.717, 1.165) is 16.7 Å². The minimum absolute atomic E-state index is 0.149. The molecule has 5 rings (SSSR count). The summed E-state index contributed by atoms with van der Waals surface area (Å²) in [6.45, 7) is 2.22. The fraction of sp³-hybridized carbons (Fsp3) is 0.143. The highest BCUT2D eigenvalue weighted by atomic mass is 32.1. The van der Waals surface area contributed by atoms with Crippen molar-refractivity contribution in [3.63, 3.8) is 0 Å². The first kappa shape index (κ1) is 22.7. The van der Waals surface area contributed by atoms with E-state index in [1.165, 1.54) is 22.5 Å². The number of carbonyl (C=O) groups is 1. The second-order valence-corrected chi connectivity index (χ2v) is 9.21. The maximum atomic E-state index is 13.2. The first-order chi connectivity index (χ1) is 17.1. The molecule has 0 aliphatic heterocycles. The lowest BCUT2D eigenvalue weighted by Crippen LogP contribution is -2.13. The molecular weight excluding hydrogens is 460 g/mol. The van der Waals surface area contributed by atoms with Gasteiger partial charge in [-0.3, -0.25) is 10.1 Å². The zero-order chi connectivity index (χ0) is 24.2. The number of nitrogens with one attached hydrogen (secondary N) is 1. The summed E-state index contributed by atoms with van der Waals surface area (Å²) in [6.07, 6.45) is 2.56. The van der Waals surface area contributed by atoms with Gasteiger partial charge in [0.25, 0.3) is 5.91 Å². The van der Waals surface area contributed by atoms with Crippen LogP contribution in [0.5, 0.6) is 11.5 Å². The molecule has 0 aliphatic rings. The summed E-state index contributed by atoms with van der Waals surface area (Å²) in [5, 5.41) is 4.24. The minimum atomic E-state index is -0.365. The molecule has 0 radical (unpaired) electrons. The number of fused-ring (bicyclic) bond motifs is 1. The van der Waals surface area contributed by atoms with E-state index in [4.69, 9.17) is 13.9 Å². The largest absolute Gasteiger partial charge is 0.493 e. The van der Waals surface area contributed by atoms with Crippen molar-refractivity contribution in [1.29, 1.82) is 0 Å². The normalized spacial score (nSPS) is 10.9. The number of aromatic nitrogens is 1. The van der Waals surface area contributed by atoms with Crippen LogP contribution in [0.15, 0.2) is 83.4 Å². The lowest BCUT2D eigenvalue weighted by Gasteiger charge is -2.10. The van der Waals surface area contributed by atoms with Crippen molar-refractivity contribution in [2.75, 3.05) is 12.4 Å². The van der Waals surface area contributed by atoms with Gasteiger partial charge in [0, 0.05) is 28.4 Å². The Labute approximate surface area is 207 Å². The molecule has 0 saturated heterocycles. The van der Waals surface area contributed by atoms with Crippen molar-refractivity contribution in [2.45, 2.75) is 20.0 Å². The first-order valence-electron chi connectivity index (χ1n) is 11.2. The average molecular weight is 485 g/mol. The Morgan fingerprint density at radius 2 is 1.83 bits per heavy atom. The van der Waals surface area contributed by atoms with Crippen molar-refractivity contribution < 1.29 is 18.7 Å². The third-order valence-corrected chi connectivity index (χ3v) is 6.49. The van der Waals surface area contributed by atoms with Gasteiger partial charge in [0.05, 0.1) is 7.11 Å². The van der Waals surface area contributed by atoms with Crippen LogP contribution in [-0.4, -0.2) is 18.0 Å². The van der Waals surface area contributed by atoms with Crippen LogP contribution in [-0.2, 0) is 13.0 Å². The molecular formula is C28H24N2O4S. The zero-order valence-corrected chi connectivity index (χ0v) is 20.2. The number of ether oxygens (including phenoxy) is 2. The summed E-state index contributed by atoms with van der Waals surface area (Å²) in [7, 11) is 1.59. The first-order valence-corrected chi connectivity index (χ1v) is 12.0. The number of amides is 1. The SMILES string of the molecule is COc1ccccc1OCc1c(C(=O)Nc2ncc(Cc3cccc(C)c3)s2)oc2ccccc12. The van der Waals surface area contributed by atoms with E-state index < -0.39 is 0 Å². The topological polar surface area (TPSA) is 73.6 Å². The molecule has 0 saturated carbocycles. The lowest BCUT2D eigenvalue weighted by atomic mass is 10.1. The van der Waals surface area contributed by atoms with Crippen molar-refractivity contribution in [3.8, 4) is 11.5 Å². The van der Waals surface area contributed by atoms with E-state index in [1.54, 1.807) is 13.3 Å². The molecule has 35 heavy (non-hydrogen) atoms. The Morgan fingerprint density at radius 3 is 2.66 bits per heavy atom. The zero-order valence-electron chi connectivity index (χ0n) is 19.4. The Hall–Kier alpha value is -4.10. The molecule has 7 heteroatoms. The summed E-state index contributed by atoms with van der Waals surface area (Å²) in [6, 6.07) is 23.3. The molecule has 0 unspecified atom stereocenters. The predicted molar refractivity (Wildman–Crippen MR) is 138 cm³/mol. The highest BCUT2D eigenvalue weighted by Gasteiger charge is 2.22. The van der Waals surface area contributed by atoms with E-state index in [-0.39, 0.29) is 18.3 Å². The fourth-order valence-electron chi connectivity index (χ4n) is 3.94. The number of furan rings is 1. The van der Waals surface area contributed by atoms with Crippen LogP contribution in [0, 0.1) is 6.92 Å². The fourth-order valence-corrected chi connectivity index (χ4v) is 4.78. The molecule has 0 aliphatic carbocycles. The van der Waals surface area contributed by atoms with Crippen LogP contribution in [0.3, 0.4) is 0 Å². The number of hydrogen-bond acceptors (Lipinski definition) is 6. The highest BCUT2D eigenvalue weighted by Crippen LogP contribution is 2.31. The monoisotopic (exact) mass is 484 g/mol. The van der Waals surface area contributed by atoms with E-state index in [9.17, 15) is 4.79 Å². The number of benzene rings is 3. The van der Waals surface area contributed by atoms with Gasteiger partial charge in [0.15, 0.2) is 22.4 Å². The molecule has 176 valence electrons. The van der Waals surface area contributed by atoms with Crippen LogP contribution in [0.25, 0.3) is 11.0 Å². The Kier molecular flexibility index (Phi) is 6.50. The molecule has 0 atom stereocenters. The maximum Gasteiger partial charge on any atom is 0.293 e. The molecule has 5 aromatic rings. The van der Waals surface area contributed by atoms with E-state index in [1.807, 2.05) is 54.6 Å². The summed E-state index contributed by atoms with van der Waals surface area (Å²) in [5.74, 6) is 1.05. The van der Waals surface area contributed by atoms with E-state index in [0.29, 0.717) is 27.8 Å². The number of nitrogens with zero attached hydrogens (tertiary/aromatic N) is 1. The number of thiazole rings is 1. The molecule has 2 heterocycles. The van der Waals surface area contributed by atoms with Crippen LogP contribution in [0.1, 0.15) is 32.1 Å². The summed E-state index contributed by atoms with van der Waals surface area (Å²) >= 11 is 1.45. The smallest absolute Gasteiger partial charge is 0.293 e. The molecule has 0 bridgehead atoms. The van der Waals surface area contributed by atoms with Crippen LogP contribution in [0.4, 0.5) is 5.13 Å². The molecule has 6 nitrogen and oxygen atoms in total.